The van der Waals surface area contributed by atoms with Gasteiger partial charge in [-0.1, -0.05) is 0 Å². The fourth-order valence-electron chi connectivity index (χ4n) is 0. The third-order valence-electron chi connectivity index (χ3n) is 0.304. The molecular weight excluding hydrogens is 191 g/mol. The van der Waals surface area contributed by atoms with Crippen molar-refractivity contribution in [3.05, 3.63) is 0 Å². The average molecular weight is 204 g/mol. The zero-order valence-electron chi connectivity index (χ0n) is 6.33. The largest absolute Gasteiger partial charge is 0.466 e. The van der Waals surface area contributed by atoms with E-state index in [0.29, 0.717) is 0 Å². The Bertz CT molecular complexity index is 106. The van der Waals surface area contributed by atoms with Gasteiger partial charge in [0.15, 0.2) is 0 Å². The van der Waals surface area contributed by atoms with Gasteiger partial charge >= 0.3 is 7.82 Å². The summed E-state index contributed by atoms with van der Waals surface area (Å²) >= 11 is 0. The smallest absolute Gasteiger partial charge is 0.394 e. The number of aliphatic hydroxyl groups is 2. The maximum absolute atomic E-state index is 8.88. The Labute approximate surface area is 69.5 Å². The predicted octanol–water partition coefficient (Wildman–Crippen LogP) is -1.94. The highest BCUT2D eigenvalue weighted by Crippen LogP contribution is 2.25. The molecule has 0 spiro atoms. The van der Waals surface area contributed by atoms with Crippen LogP contribution in [0.15, 0.2) is 0 Å². The number of hydrogen-bond donors (Lipinski definition) is 5. The number of aliphatic hydroxyl groups excluding tert-OH is 2. The van der Waals surface area contributed by atoms with Crippen molar-refractivity contribution in [1.29, 1.82) is 0 Å². The summed E-state index contributed by atoms with van der Waals surface area (Å²) < 4.78 is 13.4. The number of rotatable bonds is 1. The molecule has 5 N–H and O–H groups in total. The fraction of sp³-hybridized carbons (Fsp3) is 1.00. The zero-order valence-corrected chi connectivity index (χ0v) is 7.22. The molecule has 7 nitrogen and oxygen atoms in total. The Kier molecular flexibility index (Phi) is 11.0. The van der Waals surface area contributed by atoms with Crippen LogP contribution >= 0.6 is 7.82 Å². The van der Waals surface area contributed by atoms with Gasteiger partial charge in [-0.3, -0.25) is 0 Å². The molecule has 1 heterocycles. The van der Waals surface area contributed by atoms with E-state index in [1.54, 1.807) is 0 Å². The summed E-state index contributed by atoms with van der Waals surface area (Å²) in [6, 6.07) is 0. The van der Waals surface area contributed by atoms with Gasteiger partial charge in [0.1, 0.15) is 0 Å². The Morgan fingerprint density at radius 2 is 1.25 bits per heavy atom. The van der Waals surface area contributed by atoms with E-state index in [2.05, 4.69) is 4.74 Å². The molecule has 0 bridgehead atoms. The highest BCUT2D eigenvalue weighted by atomic mass is 31.2. The molecule has 0 radical (unpaired) electrons. The van der Waals surface area contributed by atoms with Gasteiger partial charge in [0.05, 0.1) is 26.4 Å². The molecule has 1 aliphatic rings. The summed E-state index contributed by atoms with van der Waals surface area (Å²) in [6.45, 7) is 1.75. The van der Waals surface area contributed by atoms with Gasteiger partial charge in [0.25, 0.3) is 0 Å². The topological polar surface area (TPSA) is 131 Å². The number of phosphoric acid groups is 1. The van der Waals surface area contributed by atoms with E-state index < -0.39 is 7.82 Å². The van der Waals surface area contributed by atoms with E-state index in [0.717, 1.165) is 13.2 Å². The van der Waals surface area contributed by atoms with Crippen LogP contribution in [-0.4, -0.2) is 51.3 Å². The first-order chi connectivity index (χ1) is 5.41. The average Bonchev–Trinajstić information content (AvgIpc) is 2.67. The summed E-state index contributed by atoms with van der Waals surface area (Å²) in [6.07, 6.45) is 0. The second-order valence-electron chi connectivity index (χ2n) is 1.57. The lowest BCUT2D eigenvalue weighted by Crippen LogP contribution is -1.85. The summed E-state index contributed by atoms with van der Waals surface area (Å²) in [7, 11) is -4.64. The van der Waals surface area contributed by atoms with E-state index in [-0.39, 0.29) is 13.2 Å². The Morgan fingerprint density at radius 3 is 1.25 bits per heavy atom. The van der Waals surface area contributed by atoms with Crippen LogP contribution < -0.4 is 0 Å². The molecule has 1 fully saturated rings. The van der Waals surface area contributed by atoms with Crippen molar-refractivity contribution in [3.63, 3.8) is 0 Å². The molecule has 1 saturated heterocycles. The molecular formula is C4H13O7P. The van der Waals surface area contributed by atoms with Crippen LogP contribution in [0.25, 0.3) is 0 Å². The van der Waals surface area contributed by atoms with Crippen molar-refractivity contribution in [2.24, 2.45) is 0 Å². The lowest BCUT2D eigenvalue weighted by molar-refractivity contribution is 0.186. The van der Waals surface area contributed by atoms with Crippen LogP contribution in [0.3, 0.4) is 0 Å². The Hall–Kier alpha value is -0.0100. The molecule has 0 saturated carbocycles. The predicted molar refractivity (Wildman–Crippen MR) is 39.3 cm³/mol. The van der Waals surface area contributed by atoms with Crippen molar-refractivity contribution < 1.29 is 34.2 Å². The zero-order chi connectivity index (χ0) is 10.0. The molecule has 0 aromatic heterocycles. The van der Waals surface area contributed by atoms with Crippen molar-refractivity contribution in [3.8, 4) is 0 Å². The third-order valence-corrected chi connectivity index (χ3v) is 0.304. The number of epoxide rings is 1. The molecule has 0 aromatic rings. The first-order valence-corrected chi connectivity index (χ1v) is 4.56. The molecule has 1 rings (SSSR count). The van der Waals surface area contributed by atoms with Crippen LogP contribution in [0.2, 0.25) is 0 Å². The molecule has 0 amide bonds. The van der Waals surface area contributed by atoms with Crippen LogP contribution in [0, 0.1) is 0 Å². The summed E-state index contributed by atoms with van der Waals surface area (Å²) in [5.41, 5.74) is 0. The quantitative estimate of drug-likeness (QED) is 0.248. The first kappa shape index (κ1) is 14.5. The van der Waals surface area contributed by atoms with Crippen molar-refractivity contribution >= 4 is 7.82 Å². The van der Waals surface area contributed by atoms with Gasteiger partial charge in [-0.25, -0.2) is 4.57 Å². The lowest BCUT2D eigenvalue weighted by atomic mass is 10.8. The Balaban J connectivity index is 0. The van der Waals surface area contributed by atoms with Crippen LogP contribution in [0.4, 0.5) is 0 Å². The van der Waals surface area contributed by atoms with Gasteiger partial charge in [-0.2, -0.15) is 0 Å². The van der Waals surface area contributed by atoms with Gasteiger partial charge < -0.3 is 29.6 Å². The minimum absolute atomic E-state index is 0.125. The molecule has 12 heavy (non-hydrogen) atoms. The number of hydrogen-bond acceptors (Lipinski definition) is 4. The van der Waals surface area contributed by atoms with Crippen molar-refractivity contribution in [2.45, 2.75) is 0 Å². The second kappa shape index (κ2) is 9.08. The minimum Gasteiger partial charge on any atom is -0.394 e. The SMILES string of the molecule is C1CO1.O=P(O)(O)O.OCCO. The lowest BCUT2D eigenvalue weighted by Gasteiger charge is -1.82. The van der Waals surface area contributed by atoms with Crippen molar-refractivity contribution in [1.82, 2.24) is 0 Å². The monoisotopic (exact) mass is 204 g/mol. The fourth-order valence-corrected chi connectivity index (χ4v) is 0. The summed E-state index contributed by atoms with van der Waals surface area (Å²) in [4.78, 5) is 21.6. The maximum Gasteiger partial charge on any atom is 0.466 e. The van der Waals surface area contributed by atoms with Crippen LogP contribution in [-0.2, 0) is 9.30 Å². The molecule has 1 aliphatic heterocycles. The minimum atomic E-state index is -4.64. The van der Waals surface area contributed by atoms with E-state index in [4.69, 9.17) is 29.5 Å². The molecule has 0 atom stereocenters. The van der Waals surface area contributed by atoms with Crippen LogP contribution in [0.5, 0.6) is 0 Å². The third kappa shape index (κ3) is 204. The van der Waals surface area contributed by atoms with E-state index in [9.17, 15) is 0 Å². The molecule has 0 aliphatic carbocycles. The first-order valence-electron chi connectivity index (χ1n) is 2.99. The maximum atomic E-state index is 8.88. The van der Waals surface area contributed by atoms with E-state index in [1.165, 1.54) is 0 Å². The van der Waals surface area contributed by atoms with E-state index >= 15 is 0 Å². The van der Waals surface area contributed by atoms with Gasteiger partial charge in [-0.15, -0.1) is 0 Å². The van der Waals surface area contributed by atoms with Gasteiger partial charge in [-0.05, 0) is 0 Å². The molecule has 0 aromatic carbocycles. The van der Waals surface area contributed by atoms with Crippen molar-refractivity contribution in [2.75, 3.05) is 26.4 Å². The molecule has 76 valence electrons. The van der Waals surface area contributed by atoms with Gasteiger partial charge in [0, 0.05) is 0 Å². The Morgan fingerprint density at radius 1 is 1.08 bits per heavy atom. The molecule has 8 heteroatoms. The number of ether oxygens (including phenoxy) is 1. The standard InChI is InChI=1S/C2H6O2.C2H4O.H3O4P/c3-1-2-4;1-2-3-1;1-5(2,3)4/h3-4H,1-2H2;1-2H2;(H3,1,2,3,4). The van der Waals surface area contributed by atoms with E-state index in [1.807, 2.05) is 0 Å². The molecule has 0 unspecified atom stereocenters. The second-order valence-corrected chi connectivity index (χ2v) is 2.60. The highest BCUT2D eigenvalue weighted by Gasteiger charge is 2.00. The summed E-state index contributed by atoms with van der Waals surface area (Å²) in [5.74, 6) is 0. The normalized spacial score (nSPS) is 13.4. The highest BCUT2D eigenvalue weighted by molar-refractivity contribution is 7.45. The summed E-state index contributed by atoms with van der Waals surface area (Å²) in [5, 5.41) is 15.2. The van der Waals surface area contributed by atoms with Gasteiger partial charge in [0.2, 0.25) is 0 Å². The van der Waals surface area contributed by atoms with Crippen LogP contribution in [0.1, 0.15) is 0 Å².